The molecule has 1 N–H and O–H groups in total. The summed E-state index contributed by atoms with van der Waals surface area (Å²) in [6.45, 7) is 6.61. The summed E-state index contributed by atoms with van der Waals surface area (Å²) in [4.78, 5) is 23.6. The van der Waals surface area contributed by atoms with Gasteiger partial charge < -0.3 is 10.1 Å². The SMILES string of the molecule is COc1ccc(C(CNC(=O)CSc2nc(C)cc(C)n2)N2CCCC2)cc1. The first-order valence-corrected chi connectivity index (χ1v) is 10.6. The first-order valence-electron chi connectivity index (χ1n) is 9.65. The predicted molar refractivity (Wildman–Crippen MR) is 112 cm³/mol. The zero-order chi connectivity index (χ0) is 19.9. The highest BCUT2D eigenvalue weighted by atomic mass is 32.2. The minimum atomic E-state index is 0.00506. The van der Waals surface area contributed by atoms with Gasteiger partial charge in [0, 0.05) is 17.9 Å². The molecule has 150 valence electrons. The number of methoxy groups -OCH3 is 1. The molecule has 1 fully saturated rings. The number of hydrogen-bond acceptors (Lipinski definition) is 6. The van der Waals surface area contributed by atoms with Crippen LogP contribution in [0.1, 0.15) is 35.8 Å². The molecule has 1 saturated heterocycles. The van der Waals surface area contributed by atoms with Crippen LogP contribution in [0.15, 0.2) is 35.5 Å². The molecule has 0 radical (unpaired) electrons. The second kappa shape index (κ2) is 9.89. The van der Waals surface area contributed by atoms with Crippen LogP contribution in [0.25, 0.3) is 0 Å². The molecule has 1 unspecified atom stereocenters. The van der Waals surface area contributed by atoms with E-state index in [9.17, 15) is 4.79 Å². The van der Waals surface area contributed by atoms with Gasteiger partial charge in [-0.15, -0.1) is 0 Å². The standard InChI is InChI=1S/C21H28N4O2S/c1-15-12-16(2)24-21(23-15)28-14-20(26)22-13-19(25-10-4-5-11-25)17-6-8-18(27-3)9-7-17/h6-9,12,19H,4-5,10-11,13-14H2,1-3H3,(H,22,26). The Morgan fingerprint density at radius 2 is 1.82 bits per heavy atom. The number of hydrogen-bond donors (Lipinski definition) is 1. The van der Waals surface area contributed by atoms with Gasteiger partial charge in [-0.2, -0.15) is 0 Å². The second-order valence-electron chi connectivity index (χ2n) is 7.06. The van der Waals surface area contributed by atoms with Crippen molar-refractivity contribution >= 4 is 17.7 Å². The maximum absolute atomic E-state index is 12.4. The van der Waals surface area contributed by atoms with E-state index in [4.69, 9.17) is 4.74 Å². The normalized spacial score (nSPS) is 15.4. The molecule has 2 aromatic rings. The largest absolute Gasteiger partial charge is 0.497 e. The Balaban J connectivity index is 1.58. The topological polar surface area (TPSA) is 67.3 Å². The minimum Gasteiger partial charge on any atom is -0.497 e. The summed E-state index contributed by atoms with van der Waals surface area (Å²) in [6, 6.07) is 10.2. The Kier molecular flexibility index (Phi) is 7.28. The van der Waals surface area contributed by atoms with Crippen LogP contribution in [0.5, 0.6) is 5.75 Å². The molecule has 28 heavy (non-hydrogen) atoms. The number of benzene rings is 1. The monoisotopic (exact) mass is 400 g/mol. The number of aromatic nitrogens is 2. The minimum absolute atomic E-state index is 0.00506. The third-order valence-corrected chi connectivity index (χ3v) is 5.72. The molecule has 0 saturated carbocycles. The van der Waals surface area contributed by atoms with E-state index in [0.29, 0.717) is 17.5 Å². The first-order chi connectivity index (χ1) is 13.5. The van der Waals surface area contributed by atoms with E-state index in [-0.39, 0.29) is 11.9 Å². The lowest BCUT2D eigenvalue weighted by Gasteiger charge is -2.28. The highest BCUT2D eigenvalue weighted by Gasteiger charge is 2.24. The maximum atomic E-state index is 12.4. The predicted octanol–water partition coefficient (Wildman–Crippen LogP) is 3.15. The van der Waals surface area contributed by atoms with Crippen LogP contribution < -0.4 is 10.1 Å². The molecular formula is C21H28N4O2S. The summed E-state index contributed by atoms with van der Waals surface area (Å²) in [5.74, 6) is 1.17. The zero-order valence-electron chi connectivity index (χ0n) is 16.8. The highest BCUT2D eigenvalue weighted by molar-refractivity contribution is 7.99. The molecule has 1 atom stereocenters. The zero-order valence-corrected chi connectivity index (χ0v) is 17.6. The van der Waals surface area contributed by atoms with Crippen molar-refractivity contribution in [1.29, 1.82) is 0 Å². The molecule has 1 aliphatic rings. The van der Waals surface area contributed by atoms with Crippen molar-refractivity contribution < 1.29 is 9.53 Å². The lowest BCUT2D eigenvalue weighted by molar-refractivity contribution is -0.118. The molecule has 0 bridgehead atoms. The highest BCUT2D eigenvalue weighted by Crippen LogP contribution is 2.26. The number of likely N-dealkylation sites (tertiary alicyclic amines) is 1. The van der Waals surface area contributed by atoms with Gasteiger partial charge >= 0.3 is 0 Å². The van der Waals surface area contributed by atoms with Gasteiger partial charge in [-0.3, -0.25) is 9.69 Å². The number of nitrogens with one attached hydrogen (secondary N) is 1. The molecular weight excluding hydrogens is 372 g/mol. The van der Waals surface area contributed by atoms with Crippen molar-refractivity contribution in [2.75, 3.05) is 32.5 Å². The van der Waals surface area contributed by atoms with Crippen LogP contribution in [-0.4, -0.2) is 53.3 Å². The summed E-state index contributed by atoms with van der Waals surface area (Å²) < 4.78 is 5.27. The van der Waals surface area contributed by atoms with E-state index in [1.807, 2.05) is 32.0 Å². The van der Waals surface area contributed by atoms with Gasteiger partial charge in [-0.1, -0.05) is 23.9 Å². The summed E-state index contributed by atoms with van der Waals surface area (Å²) >= 11 is 1.38. The van der Waals surface area contributed by atoms with Crippen molar-refractivity contribution in [3.8, 4) is 5.75 Å². The molecule has 1 aromatic heterocycles. The number of carbonyl (C=O) groups excluding carboxylic acids is 1. The lowest BCUT2D eigenvalue weighted by atomic mass is 10.1. The van der Waals surface area contributed by atoms with Crippen LogP contribution in [-0.2, 0) is 4.79 Å². The summed E-state index contributed by atoms with van der Waals surface area (Å²) in [5, 5.41) is 3.75. The summed E-state index contributed by atoms with van der Waals surface area (Å²) in [6.07, 6.45) is 2.42. The van der Waals surface area contributed by atoms with Crippen LogP contribution >= 0.6 is 11.8 Å². The van der Waals surface area contributed by atoms with E-state index in [2.05, 4.69) is 32.3 Å². The first kappa shape index (κ1) is 20.6. The van der Waals surface area contributed by atoms with Gasteiger partial charge in [-0.05, 0) is 63.5 Å². The van der Waals surface area contributed by atoms with Crippen LogP contribution in [0, 0.1) is 13.8 Å². The van der Waals surface area contributed by atoms with E-state index < -0.39 is 0 Å². The van der Waals surface area contributed by atoms with Gasteiger partial charge in [0.25, 0.3) is 0 Å². The van der Waals surface area contributed by atoms with Gasteiger partial charge in [0.15, 0.2) is 5.16 Å². The van der Waals surface area contributed by atoms with Crippen molar-refractivity contribution in [2.45, 2.75) is 37.9 Å². The lowest BCUT2D eigenvalue weighted by Crippen LogP contribution is -2.37. The van der Waals surface area contributed by atoms with E-state index in [0.717, 1.165) is 30.2 Å². The Labute approximate surface area is 171 Å². The molecule has 1 amide bonds. The molecule has 3 rings (SSSR count). The Morgan fingerprint density at radius 1 is 1.18 bits per heavy atom. The number of ether oxygens (including phenoxy) is 1. The fourth-order valence-electron chi connectivity index (χ4n) is 3.49. The van der Waals surface area contributed by atoms with E-state index in [1.165, 1.54) is 30.2 Å². The van der Waals surface area contributed by atoms with Gasteiger partial charge in [0.1, 0.15) is 5.75 Å². The van der Waals surface area contributed by atoms with Crippen LogP contribution in [0.3, 0.4) is 0 Å². The van der Waals surface area contributed by atoms with Crippen LogP contribution in [0.2, 0.25) is 0 Å². The van der Waals surface area contributed by atoms with Gasteiger partial charge in [0.2, 0.25) is 5.91 Å². The Hall–Kier alpha value is -2.12. The summed E-state index contributed by atoms with van der Waals surface area (Å²) in [7, 11) is 1.67. The van der Waals surface area contributed by atoms with Gasteiger partial charge in [0.05, 0.1) is 18.9 Å². The molecule has 1 aromatic carbocycles. The molecule has 6 nitrogen and oxygen atoms in total. The number of aryl methyl sites for hydroxylation is 2. The number of thioether (sulfide) groups is 1. The molecule has 0 spiro atoms. The smallest absolute Gasteiger partial charge is 0.230 e. The third-order valence-electron chi connectivity index (χ3n) is 4.87. The Morgan fingerprint density at radius 3 is 2.43 bits per heavy atom. The maximum Gasteiger partial charge on any atom is 0.230 e. The van der Waals surface area contributed by atoms with Crippen LogP contribution in [0.4, 0.5) is 0 Å². The number of nitrogens with zero attached hydrogens (tertiary/aromatic N) is 3. The van der Waals surface area contributed by atoms with E-state index in [1.54, 1.807) is 7.11 Å². The third kappa shape index (κ3) is 5.69. The fourth-order valence-corrected chi connectivity index (χ4v) is 4.27. The average molecular weight is 401 g/mol. The Bertz CT molecular complexity index is 771. The number of rotatable bonds is 8. The molecule has 2 heterocycles. The van der Waals surface area contributed by atoms with Crippen molar-refractivity contribution in [3.05, 3.63) is 47.3 Å². The quantitative estimate of drug-likeness (QED) is 0.542. The van der Waals surface area contributed by atoms with Crippen molar-refractivity contribution in [2.24, 2.45) is 0 Å². The summed E-state index contributed by atoms with van der Waals surface area (Å²) in [5.41, 5.74) is 3.04. The fraction of sp³-hybridized carbons (Fsp3) is 0.476. The molecule has 7 heteroatoms. The van der Waals surface area contributed by atoms with E-state index >= 15 is 0 Å². The second-order valence-corrected chi connectivity index (χ2v) is 8.00. The van der Waals surface area contributed by atoms with Gasteiger partial charge in [-0.25, -0.2) is 9.97 Å². The number of carbonyl (C=O) groups is 1. The molecule has 1 aliphatic heterocycles. The van der Waals surface area contributed by atoms with Crippen molar-refractivity contribution in [1.82, 2.24) is 20.2 Å². The number of amides is 1. The van der Waals surface area contributed by atoms with Crippen molar-refractivity contribution in [3.63, 3.8) is 0 Å². The molecule has 0 aliphatic carbocycles. The average Bonchev–Trinajstić information content (AvgIpc) is 3.21.